The lowest BCUT2D eigenvalue weighted by Crippen LogP contribution is -2.65. The first-order valence-corrected chi connectivity index (χ1v) is 8.91. The van der Waals surface area contributed by atoms with Crippen molar-refractivity contribution in [1.29, 1.82) is 0 Å². The summed E-state index contributed by atoms with van der Waals surface area (Å²) in [4.78, 5) is 0. The fourth-order valence-corrected chi connectivity index (χ4v) is 5.41. The molecule has 2 aliphatic carbocycles. The lowest BCUT2D eigenvalue weighted by atomic mass is 9.58. The van der Waals surface area contributed by atoms with Crippen LogP contribution in [0.3, 0.4) is 0 Å². The van der Waals surface area contributed by atoms with Crippen LogP contribution in [0.15, 0.2) is 0 Å². The van der Waals surface area contributed by atoms with Gasteiger partial charge < -0.3 is 10.2 Å². The smallest absolute Gasteiger partial charge is 0.0540 e. The van der Waals surface area contributed by atoms with Crippen LogP contribution in [-0.4, -0.2) is 59.1 Å². The number of aliphatic hydroxyl groups is 2. The van der Waals surface area contributed by atoms with Crippen LogP contribution in [0.1, 0.15) is 51.4 Å². The minimum Gasteiger partial charge on any atom is -0.396 e. The number of aliphatic hydroxyl groups excluding tert-OH is 2. The molecular formula is C17H30N2O2. The summed E-state index contributed by atoms with van der Waals surface area (Å²) in [5.74, 6) is 0.595. The van der Waals surface area contributed by atoms with E-state index in [0.717, 1.165) is 12.8 Å². The highest BCUT2D eigenvalue weighted by Crippen LogP contribution is 2.53. The molecule has 2 spiro atoms. The van der Waals surface area contributed by atoms with Crippen molar-refractivity contribution in [2.45, 2.75) is 57.5 Å². The fraction of sp³-hybridized carbons (Fsp3) is 1.00. The van der Waals surface area contributed by atoms with Crippen molar-refractivity contribution in [3.8, 4) is 0 Å². The maximum atomic E-state index is 9.67. The fourth-order valence-electron chi connectivity index (χ4n) is 5.41. The van der Waals surface area contributed by atoms with E-state index in [4.69, 9.17) is 0 Å². The predicted molar refractivity (Wildman–Crippen MR) is 81.5 cm³/mol. The standard InChI is InChI=1S/C17H30N2O2/c20-11-14-9-16(10-14)5-7-18(8-6-16)19-12-17(13-19)3-1-15(21)2-4-17/h14-15,20-21H,1-13H2. The second-order valence-electron chi connectivity index (χ2n) is 8.46. The Morgan fingerprint density at radius 1 is 0.857 bits per heavy atom. The summed E-state index contributed by atoms with van der Waals surface area (Å²) in [6, 6.07) is 0. The highest BCUT2D eigenvalue weighted by atomic mass is 16.3. The molecule has 4 heteroatoms. The highest BCUT2D eigenvalue weighted by molar-refractivity contribution is 5.00. The van der Waals surface area contributed by atoms with Gasteiger partial charge in [0.2, 0.25) is 0 Å². The van der Waals surface area contributed by atoms with Gasteiger partial charge in [0.25, 0.3) is 0 Å². The molecule has 0 unspecified atom stereocenters. The van der Waals surface area contributed by atoms with Gasteiger partial charge in [-0.25, -0.2) is 10.0 Å². The first kappa shape index (κ1) is 14.4. The van der Waals surface area contributed by atoms with Gasteiger partial charge >= 0.3 is 0 Å². The van der Waals surface area contributed by atoms with Crippen molar-refractivity contribution in [2.75, 3.05) is 32.8 Å². The van der Waals surface area contributed by atoms with Crippen LogP contribution >= 0.6 is 0 Å². The van der Waals surface area contributed by atoms with Gasteiger partial charge in [0.15, 0.2) is 0 Å². The van der Waals surface area contributed by atoms with Gasteiger partial charge in [0.05, 0.1) is 6.10 Å². The quantitative estimate of drug-likeness (QED) is 0.812. The Hall–Kier alpha value is -0.160. The Labute approximate surface area is 128 Å². The Morgan fingerprint density at radius 3 is 2.05 bits per heavy atom. The first-order valence-electron chi connectivity index (χ1n) is 8.91. The maximum absolute atomic E-state index is 9.67. The molecule has 2 aliphatic heterocycles. The van der Waals surface area contributed by atoms with E-state index in [1.807, 2.05) is 0 Å². The molecule has 2 saturated heterocycles. The normalized spacial score (nSPS) is 34.0. The van der Waals surface area contributed by atoms with Crippen molar-refractivity contribution in [3.05, 3.63) is 0 Å². The maximum Gasteiger partial charge on any atom is 0.0540 e. The van der Waals surface area contributed by atoms with Crippen LogP contribution in [0.5, 0.6) is 0 Å². The molecule has 2 saturated carbocycles. The minimum atomic E-state index is -0.0300. The van der Waals surface area contributed by atoms with E-state index in [1.54, 1.807) is 0 Å². The second-order valence-corrected chi connectivity index (χ2v) is 8.46. The third-order valence-electron chi connectivity index (χ3n) is 6.95. The van der Waals surface area contributed by atoms with Gasteiger partial charge in [-0.05, 0) is 68.1 Å². The molecule has 21 heavy (non-hydrogen) atoms. The van der Waals surface area contributed by atoms with Crippen molar-refractivity contribution in [2.24, 2.45) is 16.7 Å². The Balaban J connectivity index is 1.24. The lowest BCUT2D eigenvalue weighted by Gasteiger charge is -2.59. The molecule has 0 bridgehead atoms. The van der Waals surface area contributed by atoms with Gasteiger partial charge in [0, 0.05) is 32.8 Å². The summed E-state index contributed by atoms with van der Waals surface area (Å²) in [7, 11) is 0. The zero-order valence-electron chi connectivity index (χ0n) is 13.1. The van der Waals surface area contributed by atoms with E-state index < -0.39 is 0 Å². The SMILES string of the molecule is OCC1CC2(CCN(N3CC4(CCC(O)CC4)C3)CC2)C1. The summed E-state index contributed by atoms with van der Waals surface area (Å²) in [6.45, 7) is 5.29. The Kier molecular flexibility index (Phi) is 3.57. The molecule has 0 aromatic heterocycles. The van der Waals surface area contributed by atoms with Crippen LogP contribution < -0.4 is 0 Å². The van der Waals surface area contributed by atoms with Crippen LogP contribution in [0.25, 0.3) is 0 Å². The summed E-state index contributed by atoms with van der Waals surface area (Å²) in [6.07, 6.45) is 9.62. The third-order valence-corrected chi connectivity index (χ3v) is 6.95. The van der Waals surface area contributed by atoms with Crippen LogP contribution in [0, 0.1) is 16.7 Å². The molecule has 4 nitrogen and oxygen atoms in total. The highest BCUT2D eigenvalue weighted by Gasteiger charge is 2.50. The summed E-state index contributed by atoms with van der Waals surface area (Å²) in [5.41, 5.74) is 1.12. The Morgan fingerprint density at radius 2 is 1.48 bits per heavy atom. The Bertz CT molecular complexity index is 368. The van der Waals surface area contributed by atoms with Gasteiger partial charge in [-0.15, -0.1) is 0 Å². The molecule has 120 valence electrons. The lowest BCUT2D eigenvalue weighted by molar-refractivity contribution is -0.192. The predicted octanol–water partition coefficient (Wildman–Crippen LogP) is 1.62. The van der Waals surface area contributed by atoms with Gasteiger partial charge in [0.1, 0.15) is 0 Å². The van der Waals surface area contributed by atoms with Crippen LogP contribution in [0.2, 0.25) is 0 Å². The first-order chi connectivity index (χ1) is 10.1. The average Bonchev–Trinajstić information content (AvgIpc) is 2.44. The van der Waals surface area contributed by atoms with E-state index in [9.17, 15) is 10.2 Å². The molecule has 4 aliphatic rings. The van der Waals surface area contributed by atoms with Gasteiger partial charge in [-0.3, -0.25) is 0 Å². The van der Waals surface area contributed by atoms with Crippen molar-refractivity contribution in [3.63, 3.8) is 0 Å². The molecule has 0 atom stereocenters. The van der Waals surface area contributed by atoms with E-state index in [1.165, 1.54) is 64.7 Å². The number of piperidine rings is 1. The average molecular weight is 294 g/mol. The molecule has 2 N–H and O–H groups in total. The van der Waals surface area contributed by atoms with Gasteiger partial charge in [-0.1, -0.05) is 0 Å². The molecule has 0 aromatic rings. The van der Waals surface area contributed by atoms with E-state index in [2.05, 4.69) is 10.0 Å². The zero-order valence-corrected chi connectivity index (χ0v) is 13.1. The van der Waals surface area contributed by atoms with Crippen molar-refractivity contribution >= 4 is 0 Å². The van der Waals surface area contributed by atoms with E-state index >= 15 is 0 Å². The molecule has 0 radical (unpaired) electrons. The molecular weight excluding hydrogens is 264 g/mol. The molecule has 0 aromatic carbocycles. The zero-order chi connectivity index (χ0) is 14.5. The van der Waals surface area contributed by atoms with Gasteiger partial charge in [-0.2, -0.15) is 0 Å². The minimum absolute atomic E-state index is 0.0300. The van der Waals surface area contributed by atoms with Crippen molar-refractivity contribution < 1.29 is 10.2 Å². The number of rotatable bonds is 2. The molecule has 0 amide bonds. The summed E-state index contributed by atoms with van der Waals surface area (Å²) in [5, 5.41) is 24.0. The number of hydrogen-bond acceptors (Lipinski definition) is 4. The molecule has 4 fully saturated rings. The van der Waals surface area contributed by atoms with E-state index in [0.29, 0.717) is 23.4 Å². The summed E-state index contributed by atoms with van der Waals surface area (Å²) >= 11 is 0. The number of hydrazine groups is 1. The second kappa shape index (κ2) is 5.19. The topological polar surface area (TPSA) is 46.9 Å². The van der Waals surface area contributed by atoms with Crippen molar-refractivity contribution in [1.82, 2.24) is 10.0 Å². The number of hydrogen-bond donors (Lipinski definition) is 2. The van der Waals surface area contributed by atoms with Crippen LogP contribution in [0.4, 0.5) is 0 Å². The summed E-state index contributed by atoms with van der Waals surface area (Å²) < 4.78 is 0. The van der Waals surface area contributed by atoms with E-state index in [-0.39, 0.29) is 6.10 Å². The van der Waals surface area contributed by atoms with Crippen LogP contribution in [-0.2, 0) is 0 Å². The number of nitrogens with zero attached hydrogens (tertiary/aromatic N) is 2. The third kappa shape index (κ3) is 2.54. The monoisotopic (exact) mass is 294 g/mol. The largest absolute Gasteiger partial charge is 0.396 e. The molecule has 2 heterocycles. The molecule has 4 rings (SSSR count).